The molecule has 2 nitrogen and oxygen atoms in total. The standard InChI is InChI=1S/C16H26N2S/c1-3-15-13-18(10-7-11-19-2)16(12-17-15)14-8-5-4-6-9-14/h4-6,8-9,15-17H,3,7,10-13H2,1-2H3. The van der Waals surface area contributed by atoms with Crippen LogP contribution in [0.5, 0.6) is 0 Å². The van der Waals surface area contributed by atoms with E-state index < -0.39 is 0 Å². The lowest BCUT2D eigenvalue weighted by Gasteiger charge is -2.40. The van der Waals surface area contributed by atoms with Gasteiger partial charge < -0.3 is 5.32 Å². The SMILES string of the molecule is CCC1CN(CCCSC)C(c2ccccc2)CN1. The van der Waals surface area contributed by atoms with Gasteiger partial charge >= 0.3 is 0 Å². The van der Waals surface area contributed by atoms with Crippen molar-refractivity contribution < 1.29 is 0 Å². The third kappa shape index (κ3) is 4.23. The first-order valence-electron chi connectivity index (χ1n) is 7.36. The number of hydrogen-bond donors (Lipinski definition) is 1. The van der Waals surface area contributed by atoms with Gasteiger partial charge in [0.1, 0.15) is 0 Å². The van der Waals surface area contributed by atoms with Crippen LogP contribution in [0.4, 0.5) is 0 Å². The molecule has 0 bridgehead atoms. The van der Waals surface area contributed by atoms with Gasteiger partial charge in [-0.15, -0.1) is 0 Å². The second-order valence-corrected chi connectivity index (χ2v) is 6.27. The molecule has 3 heteroatoms. The van der Waals surface area contributed by atoms with Crippen molar-refractivity contribution in [2.24, 2.45) is 0 Å². The lowest BCUT2D eigenvalue weighted by molar-refractivity contribution is 0.129. The van der Waals surface area contributed by atoms with Crippen molar-refractivity contribution in [3.8, 4) is 0 Å². The van der Waals surface area contributed by atoms with Crippen LogP contribution in [0.25, 0.3) is 0 Å². The maximum atomic E-state index is 3.69. The number of nitrogens with one attached hydrogen (secondary N) is 1. The van der Waals surface area contributed by atoms with Crippen molar-refractivity contribution in [1.29, 1.82) is 0 Å². The number of thioether (sulfide) groups is 1. The van der Waals surface area contributed by atoms with E-state index in [9.17, 15) is 0 Å². The van der Waals surface area contributed by atoms with Crippen LogP contribution in [0, 0.1) is 0 Å². The number of rotatable bonds is 6. The van der Waals surface area contributed by atoms with E-state index in [0.29, 0.717) is 12.1 Å². The maximum Gasteiger partial charge on any atom is 0.0473 e. The smallest absolute Gasteiger partial charge is 0.0473 e. The van der Waals surface area contributed by atoms with Crippen LogP contribution >= 0.6 is 11.8 Å². The third-order valence-corrected chi connectivity index (χ3v) is 4.66. The summed E-state index contributed by atoms with van der Waals surface area (Å²) in [7, 11) is 0. The molecule has 0 amide bonds. The Morgan fingerprint density at radius 1 is 1.32 bits per heavy atom. The molecule has 1 aliphatic heterocycles. The molecule has 2 rings (SSSR count). The monoisotopic (exact) mass is 278 g/mol. The van der Waals surface area contributed by atoms with Crippen LogP contribution in [0.2, 0.25) is 0 Å². The Bertz CT molecular complexity index is 355. The van der Waals surface area contributed by atoms with E-state index in [2.05, 4.69) is 53.7 Å². The first kappa shape index (κ1) is 14.9. The van der Waals surface area contributed by atoms with E-state index in [1.807, 2.05) is 11.8 Å². The zero-order chi connectivity index (χ0) is 13.5. The zero-order valence-electron chi connectivity index (χ0n) is 12.1. The molecule has 0 aromatic heterocycles. The summed E-state index contributed by atoms with van der Waals surface area (Å²) in [6.07, 6.45) is 4.71. The number of piperazine rings is 1. The predicted molar refractivity (Wildman–Crippen MR) is 85.8 cm³/mol. The van der Waals surface area contributed by atoms with Crippen LogP contribution < -0.4 is 5.32 Å². The molecule has 0 saturated carbocycles. The van der Waals surface area contributed by atoms with Gasteiger partial charge in [0.2, 0.25) is 0 Å². The highest BCUT2D eigenvalue weighted by atomic mass is 32.2. The van der Waals surface area contributed by atoms with E-state index in [1.54, 1.807) is 0 Å². The first-order chi connectivity index (χ1) is 9.35. The molecule has 19 heavy (non-hydrogen) atoms. The summed E-state index contributed by atoms with van der Waals surface area (Å²) < 4.78 is 0. The van der Waals surface area contributed by atoms with Crippen molar-refractivity contribution in [2.75, 3.05) is 31.6 Å². The van der Waals surface area contributed by atoms with E-state index in [0.717, 1.165) is 6.54 Å². The van der Waals surface area contributed by atoms with Crippen molar-refractivity contribution >= 4 is 11.8 Å². The molecule has 1 saturated heterocycles. The number of nitrogens with zero attached hydrogens (tertiary/aromatic N) is 1. The van der Waals surface area contributed by atoms with Crippen LogP contribution in [0.3, 0.4) is 0 Å². The predicted octanol–water partition coefficient (Wildman–Crippen LogP) is 3.16. The Kier molecular flexibility index (Phi) is 6.21. The molecule has 1 aromatic rings. The average molecular weight is 278 g/mol. The van der Waals surface area contributed by atoms with Crippen molar-refractivity contribution in [3.05, 3.63) is 35.9 Å². The molecule has 1 fully saturated rings. The van der Waals surface area contributed by atoms with Gasteiger partial charge in [0.25, 0.3) is 0 Å². The van der Waals surface area contributed by atoms with Crippen molar-refractivity contribution in [2.45, 2.75) is 31.8 Å². The Labute approximate surface area is 122 Å². The Morgan fingerprint density at radius 3 is 2.79 bits per heavy atom. The molecule has 1 heterocycles. The Balaban J connectivity index is 2.02. The molecular formula is C16H26N2S. The fourth-order valence-corrected chi connectivity index (χ4v) is 3.24. The first-order valence-corrected chi connectivity index (χ1v) is 8.75. The molecule has 0 aliphatic carbocycles. The molecule has 2 atom stereocenters. The highest BCUT2D eigenvalue weighted by Gasteiger charge is 2.27. The molecule has 1 N–H and O–H groups in total. The largest absolute Gasteiger partial charge is 0.311 e. The normalized spacial score (nSPS) is 24.5. The second-order valence-electron chi connectivity index (χ2n) is 5.28. The van der Waals surface area contributed by atoms with Crippen LogP contribution in [-0.4, -0.2) is 42.6 Å². The van der Waals surface area contributed by atoms with Gasteiger partial charge in [-0.2, -0.15) is 11.8 Å². The molecule has 2 unspecified atom stereocenters. The summed E-state index contributed by atoms with van der Waals surface area (Å²) in [5.74, 6) is 1.27. The minimum absolute atomic E-state index is 0.547. The van der Waals surface area contributed by atoms with E-state index >= 15 is 0 Å². The zero-order valence-corrected chi connectivity index (χ0v) is 13.0. The van der Waals surface area contributed by atoms with Crippen LogP contribution in [-0.2, 0) is 0 Å². The molecule has 106 valence electrons. The van der Waals surface area contributed by atoms with E-state index in [1.165, 1.54) is 37.2 Å². The Hall–Kier alpha value is -0.510. The van der Waals surface area contributed by atoms with Gasteiger partial charge in [-0.05, 0) is 37.0 Å². The van der Waals surface area contributed by atoms with Crippen LogP contribution in [0.1, 0.15) is 31.4 Å². The summed E-state index contributed by atoms with van der Waals surface area (Å²) in [5, 5.41) is 3.69. The fraction of sp³-hybridized carbons (Fsp3) is 0.625. The number of benzene rings is 1. The molecule has 0 spiro atoms. The minimum atomic E-state index is 0.547. The quantitative estimate of drug-likeness (QED) is 0.805. The van der Waals surface area contributed by atoms with E-state index in [4.69, 9.17) is 0 Å². The van der Waals surface area contributed by atoms with Gasteiger partial charge in [-0.3, -0.25) is 4.90 Å². The van der Waals surface area contributed by atoms with Gasteiger partial charge in [0.05, 0.1) is 0 Å². The van der Waals surface area contributed by atoms with Crippen LogP contribution in [0.15, 0.2) is 30.3 Å². The summed E-state index contributed by atoms with van der Waals surface area (Å²) >= 11 is 1.95. The summed E-state index contributed by atoms with van der Waals surface area (Å²) in [5.41, 5.74) is 1.45. The van der Waals surface area contributed by atoms with Crippen molar-refractivity contribution in [1.82, 2.24) is 10.2 Å². The van der Waals surface area contributed by atoms with Gasteiger partial charge in [-0.25, -0.2) is 0 Å². The lowest BCUT2D eigenvalue weighted by atomic mass is 10.00. The highest BCUT2D eigenvalue weighted by Crippen LogP contribution is 2.24. The molecular weight excluding hydrogens is 252 g/mol. The average Bonchev–Trinajstić information content (AvgIpc) is 2.48. The topological polar surface area (TPSA) is 15.3 Å². The summed E-state index contributed by atoms with van der Waals surface area (Å²) in [6, 6.07) is 12.1. The highest BCUT2D eigenvalue weighted by molar-refractivity contribution is 7.98. The van der Waals surface area contributed by atoms with Gasteiger partial charge in [-0.1, -0.05) is 37.3 Å². The van der Waals surface area contributed by atoms with E-state index in [-0.39, 0.29) is 0 Å². The summed E-state index contributed by atoms with van der Waals surface area (Å²) in [4.78, 5) is 2.68. The molecule has 0 radical (unpaired) electrons. The molecule has 1 aromatic carbocycles. The minimum Gasteiger partial charge on any atom is -0.311 e. The number of hydrogen-bond acceptors (Lipinski definition) is 3. The lowest BCUT2D eigenvalue weighted by Crippen LogP contribution is -2.52. The second kappa shape index (κ2) is 7.93. The third-order valence-electron chi connectivity index (χ3n) is 3.97. The van der Waals surface area contributed by atoms with Crippen molar-refractivity contribution in [3.63, 3.8) is 0 Å². The maximum absolute atomic E-state index is 3.69. The Morgan fingerprint density at radius 2 is 2.11 bits per heavy atom. The summed E-state index contributed by atoms with van der Waals surface area (Å²) in [6.45, 7) is 5.77. The van der Waals surface area contributed by atoms with Gasteiger partial charge in [0.15, 0.2) is 0 Å². The van der Waals surface area contributed by atoms with Gasteiger partial charge in [0, 0.05) is 25.2 Å². The fourth-order valence-electron chi connectivity index (χ4n) is 2.82. The molecule has 1 aliphatic rings.